The SMILES string of the molecule is O=C(Nc1ccc(Cl)cc1)NC(C(=O)NN1CCC(N2CCCCC2=O)CC1)c1ccccc1. The minimum absolute atomic E-state index is 0.231. The highest BCUT2D eigenvalue weighted by atomic mass is 35.5. The Labute approximate surface area is 204 Å². The molecule has 0 bridgehead atoms. The number of hydrazine groups is 1. The van der Waals surface area contributed by atoms with Crippen LogP contribution in [-0.2, 0) is 9.59 Å². The molecule has 3 N–H and O–H groups in total. The first-order chi connectivity index (χ1) is 16.5. The van der Waals surface area contributed by atoms with E-state index in [1.54, 1.807) is 36.4 Å². The van der Waals surface area contributed by atoms with Crippen LogP contribution in [0.2, 0.25) is 5.02 Å². The number of amides is 4. The fourth-order valence-electron chi connectivity index (χ4n) is 4.50. The van der Waals surface area contributed by atoms with Gasteiger partial charge in [-0.15, -0.1) is 0 Å². The number of anilines is 1. The lowest BCUT2D eigenvalue weighted by molar-refractivity contribution is -0.138. The number of nitrogens with one attached hydrogen (secondary N) is 3. The molecule has 4 rings (SSSR count). The standard InChI is InChI=1S/C25H30ClN5O3/c26-19-9-11-20(12-10-19)27-25(34)28-23(18-6-2-1-3-7-18)24(33)29-30-16-13-21(14-17-30)31-15-5-4-8-22(31)32/h1-3,6-7,9-12,21,23H,4-5,8,13-17H2,(H,29,33)(H2,27,28,34). The van der Waals surface area contributed by atoms with E-state index in [-0.39, 0.29) is 17.9 Å². The number of carbonyl (C=O) groups is 3. The molecule has 2 heterocycles. The van der Waals surface area contributed by atoms with Crippen molar-refractivity contribution >= 4 is 35.1 Å². The van der Waals surface area contributed by atoms with Gasteiger partial charge in [0.05, 0.1) is 0 Å². The zero-order chi connectivity index (χ0) is 23.9. The molecule has 0 aromatic heterocycles. The highest BCUT2D eigenvalue weighted by Gasteiger charge is 2.31. The number of nitrogens with zero attached hydrogens (tertiary/aromatic N) is 2. The molecule has 34 heavy (non-hydrogen) atoms. The quantitative estimate of drug-likeness (QED) is 0.583. The maximum Gasteiger partial charge on any atom is 0.320 e. The van der Waals surface area contributed by atoms with Gasteiger partial charge in [0.25, 0.3) is 5.91 Å². The summed E-state index contributed by atoms with van der Waals surface area (Å²) in [5.74, 6) is -0.0706. The molecule has 0 saturated carbocycles. The van der Waals surface area contributed by atoms with Crippen LogP contribution in [0.15, 0.2) is 54.6 Å². The lowest BCUT2D eigenvalue weighted by atomic mass is 10.0. The number of likely N-dealkylation sites (tertiary alicyclic amines) is 1. The predicted molar refractivity (Wildman–Crippen MR) is 131 cm³/mol. The Balaban J connectivity index is 1.36. The molecule has 0 radical (unpaired) electrons. The van der Waals surface area contributed by atoms with Gasteiger partial charge in [0.1, 0.15) is 6.04 Å². The summed E-state index contributed by atoms with van der Waals surface area (Å²) in [4.78, 5) is 40.1. The topological polar surface area (TPSA) is 93.8 Å². The monoisotopic (exact) mass is 483 g/mol. The van der Waals surface area contributed by atoms with Crippen LogP contribution in [0.25, 0.3) is 0 Å². The number of halogens is 1. The molecule has 0 spiro atoms. The van der Waals surface area contributed by atoms with E-state index in [2.05, 4.69) is 16.1 Å². The number of benzene rings is 2. The molecule has 4 amide bonds. The van der Waals surface area contributed by atoms with E-state index in [1.165, 1.54) is 0 Å². The van der Waals surface area contributed by atoms with Gasteiger partial charge in [-0.05, 0) is 55.5 Å². The number of urea groups is 1. The zero-order valence-corrected chi connectivity index (χ0v) is 19.8. The largest absolute Gasteiger partial charge is 0.340 e. The summed E-state index contributed by atoms with van der Waals surface area (Å²) in [5, 5.41) is 7.96. The summed E-state index contributed by atoms with van der Waals surface area (Å²) >= 11 is 5.90. The molecule has 2 aromatic carbocycles. The van der Waals surface area contributed by atoms with Crippen molar-refractivity contribution in [3.63, 3.8) is 0 Å². The van der Waals surface area contributed by atoms with E-state index < -0.39 is 12.1 Å². The molecule has 8 nitrogen and oxygen atoms in total. The highest BCUT2D eigenvalue weighted by molar-refractivity contribution is 6.30. The number of hydrogen-bond acceptors (Lipinski definition) is 4. The Bertz CT molecular complexity index is 993. The normalized spacial score (nSPS) is 18.3. The van der Waals surface area contributed by atoms with Crippen LogP contribution in [0, 0.1) is 0 Å². The Kier molecular flexibility index (Phi) is 8.03. The first kappa shape index (κ1) is 24.0. The van der Waals surface area contributed by atoms with Crippen molar-refractivity contribution in [1.29, 1.82) is 0 Å². The van der Waals surface area contributed by atoms with Crippen LogP contribution < -0.4 is 16.1 Å². The average molecular weight is 484 g/mol. The molecule has 180 valence electrons. The van der Waals surface area contributed by atoms with Crippen LogP contribution in [-0.4, -0.2) is 53.4 Å². The van der Waals surface area contributed by atoms with E-state index >= 15 is 0 Å². The minimum atomic E-state index is -0.866. The highest BCUT2D eigenvalue weighted by Crippen LogP contribution is 2.22. The molecule has 1 atom stereocenters. The third kappa shape index (κ3) is 6.27. The van der Waals surface area contributed by atoms with E-state index in [4.69, 9.17) is 11.6 Å². The van der Waals surface area contributed by atoms with Gasteiger partial charge in [0.15, 0.2) is 0 Å². The number of piperidine rings is 2. The van der Waals surface area contributed by atoms with Gasteiger partial charge in [-0.3, -0.25) is 15.0 Å². The average Bonchev–Trinajstić information content (AvgIpc) is 2.85. The smallest absolute Gasteiger partial charge is 0.320 e. The number of rotatable bonds is 6. The van der Waals surface area contributed by atoms with Gasteiger partial charge in [-0.25, -0.2) is 9.80 Å². The maximum atomic E-state index is 13.2. The van der Waals surface area contributed by atoms with Crippen LogP contribution in [0.4, 0.5) is 10.5 Å². The molecule has 2 aliphatic heterocycles. The van der Waals surface area contributed by atoms with Gasteiger partial charge in [-0.1, -0.05) is 41.9 Å². The van der Waals surface area contributed by atoms with Crippen molar-refractivity contribution in [2.24, 2.45) is 0 Å². The fraction of sp³-hybridized carbons (Fsp3) is 0.400. The third-order valence-electron chi connectivity index (χ3n) is 6.31. The Morgan fingerprint density at radius 2 is 1.65 bits per heavy atom. The Morgan fingerprint density at radius 3 is 2.32 bits per heavy atom. The first-order valence-corrected chi connectivity index (χ1v) is 12.1. The van der Waals surface area contributed by atoms with Crippen molar-refractivity contribution in [3.8, 4) is 0 Å². The molecule has 9 heteroatoms. The summed E-state index contributed by atoms with van der Waals surface area (Å²) in [6.45, 7) is 2.13. The summed E-state index contributed by atoms with van der Waals surface area (Å²) < 4.78 is 0. The van der Waals surface area contributed by atoms with E-state index in [0.29, 0.717) is 35.8 Å². The van der Waals surface area contributed by atoms with Crippen LogP contribution in [0.3, 0.4) is 0 Å². The second-order valence-corrected chi connectivity index (χ2v) is 9.12. The molecule has 1 unspecified atom stereocenters. The number of hydrogen-bond donors (Lipinski definition) is 3. The van der Waals surface area contributed by atoms with Crippen LogP contribution >= 0.6 is 11.6 Å². The van der Waals surface area contributed by atoms with Crippen molar-refractivity contribution in [2.45, 2.75) is 44.2 Å². The molecule has 0 aliphatic carbocycles. The van der Waals surface area contributed by atoms with Gasteiger partial charge in [0, 0.05) is 42.8 Å². The lowest BCUT2D eigenvalue weighted by Crippen LogP contribution is -2.55. The second-order valence-electron chi connectivity index (χ2n) is 8.69. The fourth-order valence-corrected chi connectivity index (χ4v) is 4.63. The minimum Gasteiger partial charge on any atom is -0.340 e. The third-order valence-corrected chi connectivity index (χ3v) is 6.56. The van der Waals surface area contributed by atoms with Crippen molar-refractivity contribution in [3.05, 3.63) is 65.2 Å². The van der Waals surface area contributed by atoms with Gasteiger partial charge in [-0.2, -0.15) is 0 Å². The van der Waals surface area contributed by atoms with Crippen molar-refractivity contribution in [2.75, 3.05) is 25.0 Å². The zero-order valence-electron chi connectivity index (χ0n) is 19.0. The summed E-state index contributed by atoms with van der Waals surface area (Å²) in [6, 6.07) is 14.7. The van der Waals surface area contributed by atoms with E-state index in [1.807, 2.05) is 28.1 Å². The van der Waals surface area contributed by atoms with Crippen LogP contribution in [0.5, 0.6) is 0 Å². The Hall–Kier alpha value is -3.10. The lowest BCUT2D eigenvalue weighted by Gasteiger charge is -2.40. The van der Waals surface area contributed by atoms with Crippen molar-refractivity contribution in [1.82, 2.24) is 20.7 Å². The van der Waals surface area contributed by atoms with E-state index in [9.17, 15) is 14.4 Å². The molecule has 2 saturated heterocycles. The van der Waals surface area contributed by atoms with Crippen molar-refractivity contribution < 1.29 is 14.4 Å². The molecule has 2 aromatic rings. The summed E-state index contributed by atoms with van der Waals surface area (Å²) in [6.07, 6.45) is 4.30. The maximum absolute atomic E-state index is 13.2. The molecular formula is C25H30ClN5O3. The Morgan fingerprint density at radius 1 is 0.941 bits per heavy atom. The number of carbonyl (C=O) groups excluding carboxylic acids is 3. The summed E-state index contributed by atoms with van der Waals surface area (Å²) in [7, 11) is 0. The molecule has 2 fully saturated rings. The van der Waals surface area contributed by atoms with Gasteiger partial charge >= 0.3 is 6.03 Å². The molecular weight excluding hydrogens is 454 g/mol. The van der Waals surface area contributed by atoms with Gasteiger partial charge < -0.3 is 15.5 Å². The van der Waals surface area contributed by atoms with Gasteiger partial charge in [0.2, 0.25) is 5.91 Å². The summed E-state index contributed by atoms with van der Waals surface area (Å²) in [5.41, 5.74) is 4.21. The predicted octanol–water partition coefficient (Wildman–Crippen LogP) is 3.71. The van der Waals surface area contributed by atoms with E-state index in [0.717, 1.165) is 32.2 Å². The first-order valence-electron chi connectivity index (χ1n) is 11.7. The molecule has 2 aliphatic rings. The second kappa shape index (κ2) is 11.4. The van der Waals surface area contributed by atoms with Crippen LogP contribution in [0.1, 0.15) is 43.7 Å².